The van der Waals surface area contributed by atoms with Crippen LogP contribution in [0, 0.1) is 0 Å². The number of hydrogen-bond donors (Lipinski definition) is 1. The van der Waals surface area contributed by atoms with E-state index in [0.717, 1.165) is 32.9 Å². The number of phenolic OH excluding ortho intramolecular Hbond substituents is 1. The summed E-state index contributed by atoms with van der Waals surface area (Å²) in [6.07, 6.45) is 0. The summed E-state index contributed by atoms with van der Waals surface area (Å²) in [5.74, 6) is 1.52. The molecule has 0 radical (unpaired) electrons. The molecule has 4 rings (SSSR count). The molecule has 0 aliphatic carbocycles. The maximum absolute atomic E-state index is 9.97. The highest BCUT2D eigenvalue weighted by Gasteiger charge is 2.17. The number of aromatic nitrogens is 1. The summed E-state index contributed by atoms with van der Waals surface area (Å²) in [6, 6.07) is 19.0. The van der Waals surface area contributed by atoms with E-state index in [-0.39, 0.29) is 5.75 Å². The minimum atomic E-state index is 0.229. The number of hydrogen-bond acceptors (Lipinski definition) is 4. The number of rotatable bonds is 3. The fourth-order valence-corrected chi connectivity index (χ4v) is 3.22. The summed E-state index contributed by atoms with van der Waals surface area (Å²) in [5.41, 5.74) is 2.51. The first-order chi connectivity index (χ1) is 12.2. The molecule has 0 amide bonds. The monoisotopic (exact) mass is 331 g/mol. The Morgan fingerprint density at radius 3 is 2.44 bits per heavy atom. The lowest BCUT2D eigenvalue weighted by molar-refractivity contribution is 0.356. The Hall–Kier alpha value is -3.27. The predicted octanol–water partition coefficient (Wildman–Crippen LogP) is 4.78. The average molecular weight is 331 g/mol. The van der Waals surface area contributed by atoms with Gasteiger partial charge in [0, 0.05) is 16.3 Å². The van der Waals surface area contributed by atoms with Crippen LogP contribution in [0.3, 0.4) is 0 Å². The Kier molecular flexibility index (Phi) is 3.65. The number of nitrogens with zero attached hydrogens (tertiary/aromatic N) is 1. The molecule has 0 fully saturated rings. The summed E-state index contributed by atoms with van der Waals surface area (Å²) in [5, 5.41) is 12.9. The number of phenols is 1. The molecule has 3 aromatic carbocycles. The van der Waals surface area contributed by atoms with E-state index in [4.69, 9.17) is 14.5 Å². The highest BCUT2D eigenvalue weighted by molar-refractivity contribution is 6.11. The number of pyridine rings is 1. The average Bonchev–Trinajstić information content (AvgIpc) is 2.66. The third-order valence-electron chi connectivity index (χ3n) is 4.34. The molecule has 0 bridgehead atoms. The standard InChI is InChI=1S/C21H17NO3/c1-24-19-9-5-7-16(21(19)25-2)20-15-11-10-13(23)12-17(15)14-6-3-4-8-18(14)22-20/h3-12,23H,1-2H3. The first-order valence-corrected chi connectivity index (χ1v) is 7.95. The Labute approximate surface area is 145 Å². The summed E-state index contributed by atoms with van der Waals surface area (Å²) in [6.45, 7) is 0. The van der Waals surface area contributed by atoms with E-state index in [2.05, 4.69) is 0 Å². The van der Waals surface area contributed by atoms with E-state index < -0.39 is 0 Å². The number of fused-ring (bicyclic) bond motifs is 3. The first kappa shape index (κ1) is 15.3. The molecule has 4 nitrogen and oxygen atoms in total. The lowest BCUT2D eigenvalue weighted by atomic mass is 9.99. The van der Waals surface area contributed by atoms with Gasteiger partial charge >= 0.3 is 0 Å². The molecule has 0 unspecified atom stereocenters. The van der Waals surface area contributed by atoms with Crippen LogP contribution in [0.1, 0.15) is 0 Å². The highest BCUT2D eigenvalue weighted by Crippen LogP contribution is 2.41. The van der Waals surface area contributed by atoms with Gasteiger partial charge in [0.15, 0.2) is 11.5 Å². The summed E-state index contributed by atoms with van der Waals surface area (Å²) >= 11 is 0. The third-order valence-corrected chi connectivity index (χ3v) is 4.34. The van der Waals surface area contributed by atoms with Crippen molar-refractivity contribution in [3.05, 3.63) is 60.7 Å². The second kappa shape index (κ2) is 5.98. The van der Waals surface area contributed by atoms with Gasteiger partial charge in [-0.3, -0.25) is 0 Å². The zero-order valence-electron chi connectivity index (χ0n) is 14.0. The van der Waals surface area contributed by atoms with E-state index in [9.17, 15) is 5.11 Å². The van der Waals surface area contributed by atoms with Crippen LogP contribution in [0.4, 0.5) is 0 Å². The zero-order chi connectivity index (χ0) is 17.4. The minimum Gasteiger partial charge on any atom is -0.508 e. The SMILES string of the molecule is COc1cccc(-c2nc3ccccc3c3cc(O)ccc23)c1OC. The Morgan fingerprint density at radius 2 is 1.64 bits per heavy atom. The van der Waals surface area contributed by atoms with Crippen molar-refractivity contribution in [3.8, 4) is 28.5 Å². The van der Waals surface area contributed by atoms with Crippen molar-refractivity contribution in [3.63, 3.8) is 0 Å². The van der Waals surface area contributed by atoms with E-state index in [1.165, 1.54) is 0 Å². The van der Waals surface area contributed by atoms with Crippen LogP contribution < -0.4 is 9.47 Å². The lowest BCUT2D eigenvalue weighted by Gasteiger charge is -2.15. The van der Waals surface area contributed by atoms with E-state index in [1.54, 1.807) is 26.4 Å². The number of ether oxygens (including phenoxy) is 2. The smallest absolute Gasteiger partial charge is 0.170 e. The van der Waals surface area contributed by atoms with Crippen LogP contribution in [0.25, 0.3) is 32.9 Å². The molecule has 0 aliphatic rings. The van der Waals surface area contributed by atoms with Gasteiger partial charge in [-0.05, 0) is 41.8 Å². The van der Waals surface area contributed by atoms with Crippen molar-refractivity contribution in [1.29, 1.82) is 0 Å². The molecule has 1 heterocycles. The number of methoxy groups -OCH3 is 2. The van der Waals surface area contributed by atoms with Gasteiger partial charge < -0.3 is 14.6 Å². The van der Waals surface area contributed by atoms with Crippen LogP contribution in [0.2, 0.25) is 0 Å². The fraction of sp³-hybridized carbons (Fsp3) is 0.0952. The molecule has 124 valence electrons. The van der Waals surface area contributed by atoms with Crippen LogP contribution in [-0.4, -0.2) is 24.3 Å². The highest BCUT2D eigenvalue weighted by atomic mass is 16.5. The lowest BCUT2D eigenvalue weighted by Crippen LogP contribution is -1.96. The van der Waals surface area contributed by atoms with Gasteiger partial charge in [0.1, 0.15) is 5.75 Å². The van der Waals surface area contributed by atoms with Crippen molar-refractivity contribution < 1.29 is 14.6 Å². The van der Waals surface area contributed by atoms with Crippen LogP contribution in [0.15, 0.2) is 60.7 Å². The summed E-state index contributed by atoms with van der Waals surface area (Å²) < 4.78 is 11.0. The fourth-order valence-electron chi connectivity index (χ4n) is 3.22. The van der Waals surface area contributed by atoms with Crippen molar-refractivity contribution in [2.45, 2.75) is 0 Å². The van der Waals surface area contributed by atoms with Crippen LogP contribution in [-0.2, 0) is 0 Å². The number of benzene rings is 3. The molecular formula is C21H17NO3. The number of para-hydroxylation sites is 2. The van der Waals surface area contributed by atoms with Crippen molar-refractivity contribution >= 4 is 21.7 Å². The molecule has 4 aromatic rings. The molecule has 1 N–H and O–H groups in total. The molecule has 0 saturated carbocycles. The summed E-state index contributed by atoms with van der Waals surface area (Å²) in [7, 11) is 3.24. The first-order valence-electron chi connectivity index (χ1n) is 7.95. The second-order valence-corrected chi connectivity index (χ2v) is 5.75. The minimum absolute atomic E-state index is 0.229. The van der Waals surface area contributed by atoms with E-state index >= 15 is 0 Å². The Morgan fingerprint density at radius 1 is 0.800 bits per heavy atom. The normalized spacial score (nSPS) is 11.0. The maximum atomic E-state index is 9.97. The van der Waals surface area contributed by atoms with Crippen LogP contribution in [0.5, 0.6) is 17.2 Å². The molecule has 0 atom stereocenters. The van der Waals surface area contributed by atoms with Crippen molar-refractivity contribution in [1.82, 2.24) is 4.98 Å². The van der Waals surface area contributed by atoms with Crippen LogP contribution >= 0.6 is 0 Å². The maximum Gasteiger partial charge on any atom is 0.170 e. The molecule has 25 heavy (non-hydrogen) atoms. The van der Waals surface area contributed by atoms with Gasteiger partial charge in [0.2, 0.25) is 0 Å². The Balaban J connectivity index is 2.15. The number of aromatic hydroxyl groups is 1. The van der Waals surface area contributed by atoms with Gasteiger partial charge in [-0.2, -0.15) is 0 Å². The van der Waals surface area contributed by atoms with Gasteiger partial charge in [-0.15, -0.1) is 0 Å². The third kappa shape index (κ3) is 2.43. The van der Waals surface area contributed by atoms with Crippen molar-refractivity contribution in [2.75, 3.05) is 14.2 Å². The van der Waals surface area contributed by atoms with E-state index in [0.29, 0.717) is 11.5 Å². The second-order valence-electron chi connectivity index (χ2n) is 5.75. The van der Waals surface area contributed by atoms with E-state index in [1.807, 2.05) is 48.5 Å². The quantitative estimate of drug-likeness (QED) is 0.549. The molecule has 0 saturated heterocycles. The van der Waals surface area contributed by atoms with Gasteiger partial charge in [0.25, 0.3) is 0 Å². The summed E-state index contributed by atoms with van der Waals surface area (Å²) in [4.78, 5) is 4.87. The molecule has 1 aromatic heterocycles. The molecule has 4 heteroatoms. The molecular weight excluding hydrogens is 314 g/mol. The van der Waals surface area contributed by atoms with Gasteiger partial charge in [-0.1, -0.05) is 24.3 Å². The molecule has 0 aliphatic heterocycles. The largest absolute Gasteiger partial charge is 0.508 e. The van der Waals surface area contributed by atoms with Gasteiger partial charge in [-0.25, -0.2) is 4.98 Å². The topological polar surface area (TPSA) is 51.6 Å². The zero-order valence-corrected chi connectivity index (χ0v) is 14.0. The van der Waals surface area contributed by atoms with Gasteiger partial charge in [0.05, 0.1) is 25.4 Å². The van der Waals surface area contributed by atoms with Crippen molar-refractivity contribution in [2.24, 2.45) is 0 Å². The molecule has 0 spiro atoms. The Bertz CT molecular complexity index is 1090. The predicted molar refractivity (Wildman–Crippen MR) is 99.5 cm³/mol.